The van der Waals surface area contributed by atoms with E-state index in [1.54, 1.807) is 48.5 Å². The summed E-state index contributed by atoms with van der Waals surface area (Å²) in [4.78, 5) is 24.2. The molecule has 8 nitrogen and oxygen atoms in total. The summed E-state index contributed by atoms with van der Waals surface area (Å²) in [5.41, 5.74) is 0.750. The van der Waals surface area contributed by atoms with E-state index in [0.29, 0.717) is 29.0 Å². The van der Waals surface area contributed by atoms with Crippen LogP contribution >= 0.6 is 0 Å². The van der Waals surface area contributed by atoms with Crippen molar-refractivity contribution in [2.75, 3.05) is 26.9 Å². The number of benzene rings is 4. The minimum absolute atomic E-state index is 0.0681. The van der Waals surface area contributed by atoms with E-state index in [9.17, 15) is 19.8 Å². The van der Waals surface area contributed by atoms with Gasteiger partial charge in [0.25, 0.3) is 0 Å². The summed E-state index contributed by atoms with van der Waals surface area (Å²) in [6, 6.07) is 21.1. The van der Waals surface area contributed by atoms with Crippen molar-refractivity contribution in [2.24, 2.45) is 0 Å². The Morgan fingerprint density at radius 3 is 2.11 bits per heavy atom. The fourth-order valence-corrected chi connectivity index (χ4v) is 3.86. The first-order chi connectivity index (χ1) is 18.4. The van der Waals surface area contributed by atoms with E-state index in [1.807, 2.05) is 31.2 Å². The summed E-state index contributed by atoms with van der Waals surface area (Å²) in [6.07, 6.45) is -0.932. The van der Waals surface area contributed by atoms with E-state index >= 15 is 0 Å². The fraction of sp³-hybridized carbons (Fsp3) is 0.267. The minimum Gasteiger partial charge on any atom is -0.491 e. The largest absolute Gasteiger partial charge is 0.491 e. The van der Waals surface area contributed by atoms with Gasteiger partial charge < -0.3 is 29.2 Å². The second-order valence-corrected chi connectivity index (χ2v) is 8.84. The summed E-state index contributed by atoms with van der Waals surface area (Å²) in [5, 5.41) is 23.3. The van der Waals surface area contributed by atoms with E-state index in [-0.39, 0.29) is 19.8 Å². The standard InChI is InChI=1S/C30H30O8/c1-3-24(31)16-36-26-11-12-27-21(15-26)5-4-6-28(27)37-17-25(32)18-38-30(34)23-10-8-19-13-22(29(33)35-2)9-7-20(19)14-23/h4-15,24-25,31-32H,3,16-18H2,1-2H3. The number of rotatable bonds is 11. The van der Waals surface area contributed by atoms with E-state index in [4.69, 9.17) is 18.9 Å². The second-order valence-electron chi connectivity index (χ2n) is 8.84. The molecule has 4 aromatic rings. The highest BCUT2D eigenvalue weighted by atomic mass is 16.5. The molecule has 38 heavy (non-hydrogen) atoms. The number of aliphatic hydroxyl groups excluding tert-OH is 2. The molecule has 0 amide bonds. The summed E-state index contributed by atoms with van der Waals surface area (Å²) in [6.45, 7) is 1.81. The maximum atomic E-state index is 12.5. The van der Waals surface area contributed by atoms with Crippen LogP contribution in [-0.2, 0) is 9.47 Å². The zero-order chi connectivity index (χ0) is 27.1. The zero-order valence-corrected chi connectivity index (χ0v) is 21.3. The number of fused-ring (bicyclic) bond motifs is 2. The Kier molecular flexibility index (Phi) is 8.78. The molecule has 2 N–H and O–H groups in total. The molecular weight excluding hydrogens is 488 g/mol. The Hall–Kier alpha value is -4.14. The lowest BCUT2D eigenvalue weighted by Gasteiger charge is -2.15. The molecule has 0 saturated heterocycles. The summed E-state index contributed by atoms with van der Waals surface area (Å²) < 4.78 is 21.5. The number of carbonyl (C=O) groups is 2. The highest BCUT2D eigenvalue weighted by Gasteiger charge is 2.14. The van der Waals surface area contributed by atoms with Crippen LogP contribution in [0.15, 0.2) is 72.8 Å². The van der Waals surface area contributed by atoms with Gasteiger partial charge in [0, 0.05) is 5.39 Å². The van der Waals surface area contributed by atoms with Crippen LogP contribution in [0.2, 0.25) is 0 Å². The summed E-state index contributed by atoms with van der Waals surface area (Å²) in [5.74, 6) is 0.214. The third-order valence-electron chi connectivity index (χ3n) is 6.06. The summed E-state index contributed by atoms with van der Waals surface area (Å²) in [7, 11) is 1.32. The molecule has 0 saturated carbocycles. The zero-order valence-electron chi connectivity index (χ0n) is 21.3. The maximum absolute atomic E-state index is 12.5. The maximum Gasteiger partial charge on any atom is 0.338 e. The van der Waals surface area contributed by atoms with Crippen molar-refractivity contribution in [1.82, 2.24) is 0 Å². The molecule has 0 aromatic heterocycles. The van der Waals surface area contributed by atoms with Gasteiger partial charge in [-0.2, -0.15) is 0 Å². The van der Waals surface area contributed by atoms with Gasteiger partial charge in [-0.1, -0.05) is 31.2 Å². The van der Waals surface area contributed by atoms with Crippen molar-refractivity contribution in [3.05, 3.63) is 83.9 Å². The smallest absolute Gasteiger partial charge is 0.338 e. The van der Waals surface area contributed by atoms with Gasteiger partial charge in [-0.15, -0.1) is 0 Å². The predicted molar refractivity (Wildman–Crippen MR) is 143 cm³/mol. The molecule has 198 valence electrons. The molecular formula is C30H30O8. The number of methoxy groups -OCH3 is 1. The van der Waals surface area contributed by atoms with Gasteiger partial charge in [0.05, 0.1) is 24.3 Å². The third kappa shape index (κ3) is 6.59. The van der Waals surface area contributed by atoms with Gasteiger partial charge in [0.15, 0.2) is 0 Å². The molecule has 0 radical (unpaired) electrons. The Morgan fingerprint density at radius 2 is 1.42 bits per heavy atom. The van der Waals surface area contributed by atoms with Crippen LogP contribution in [0.25, 0.3) is 21.5 Å². The fourth-order valence-electron chi connectivity index (χ4n) is 3.86. The molecule has 0 bridgehead atoms. The Labute approximate surface area is 220 Å². The Bertz CT molecular complexity index is 1430. The number of carbonyl (C=O) groups excluding carboxylic acids is 2. The van der Waals surface area contributed by atoms with Crippen molar-refractivity contribution in [1.29, 1.82) is 0 Å². The number of hydrogen-bond donors (Lipinski definition) is 2. The van der Waals surface area contributed by atoms with Crippen molar-refractivity contribution >= 4 is 33.5 Å². The summed E-state index contributed by atoms with van der Waals surface area (Å²) >= 11 is 0. The predicted octanol–water partition coefficient (Wildman–Crippen LogP) is 4.53. The van der Waals surface area contributed by atoms with E-state index in [1.165, 1.54) is 7.11 Å². The van der Waals surface area contributed by atoms with Gasteiger partial charge in [0.1, 0.15) is 37.4 Å². The average molecular weight is 519 g/mol. The van der Waals surface area contributed by atoms with Crippen LogP contribution in [0, 0.1) is 0 Å². The first kappa shape index (κ1) is 26.9. The van der Waals surface area contributed by atoms with Crippen molar-refractivity contribution in [3.63, 3.8) is 0 Å². The van der Waals surface area contributed by atoms with Crippen molar-refractivity contribution in [2.45, 2.75) is 25.6 Å². The minimum atomic E-state index is -1.03. The van der Waals surface area contributed by atoms with E-state index in [0.717, 1.165) is 21.5 Å². The number of aliphatic hydroxyl groups is 2. The molecule has 0 fully saturated rings. The van der Waals surface area contributed by atoms with Crippen molar-refractivity contribution < 1.29 is 38.7 Å². The Balaban J connectivity index is 1.32. The van der Waals surface area contributed by atoms with E-state index in [2.05, 4.69) is 0 Å². The molecule has 4 rings (SSSR count). The molecule has 8 heteroatoms. The monoisotopic (exact) mass is 518 g/mol. The lowest BCUT2D eigenvalue weighted by atomic mass is 10.0. The topological polar surface area (TPSA) is 112 Å². The second kappa shape index (κ2) is 12.4. The molecule has 0 aliphatic carbocycles. The van der Waals surface area contributed by atoms with Gasteiger partial charge >= 0.3 is 11.9 Å². The van der Waals surface area contributed by atoms with Crippen molar-refractivity contribution in [3.8, 4) is 11.5 Å². The first-order valence-electron chi connectivity index (χ1n) is 12.3. The van der Waals surface area contributed by atoms with Crippen LogP contribution in [-0.4, -0.2) is 61.3 Å². The van der Waals surface area contributed by atoms with Gasteiger partial charge in [-0.3, -0.25) is 0 Å². The highest BCUT2D eigenvalue weighted by molar-refractivity contribution is 5.99. The van der Waals surface area contributed by atoms with Crippen LogP contribution in [0.1, 0.15) is 34.1 Å². The van der Waals surface area contributed by atoms with Crippen LogP contribution < -0.4 is 9.47 Å². The third-order valence-corrected chi connectivity index (χ3v) is 6.06. The first-order valence-corrected chi connectivity index (χ1v) is 12.3. The molecule has 2 unspecified atom stereocenters. The SMILES string of the molecule is CCC(O)COc1ccc2c(OCC(O)COC(=O)c3ccc4cc(C(=O)OC)ccc4c3)cccc2c1. The lowest BCUT2D eigenvalue weighted by Crippen LogP contribution is -2.25. The Morgan fingerprint density at radius 1 is 0.737 bits per heavy atom. The van der Waals surface area contributed by atoms with Gasteiger partial charge in [-0.25, -0.2) is 9.59 Å². The average Bonchev–Trinajstić information content (AvgIpc) is 2.96. The molecule has 0 aliphatic heterocycles. The van der Waals surface area contributed by atoms with Crippen LogP contribution in [0.5, 0.6) is 11.5 Å². The van der Waals surface area contributed by atoms with Gasteiger partial charge in [-0.05, 0) is 71.1 Å². The molecule has 2 atom stereocenters. The lowest BCUT2D eigenvalue weighted by molar-refractivity contribution is 0.0132. The van der Waals surface area contributed by atoms with Gasteiger partial charge in [0.2, 0.25) is 0 Å². The van der Waals surface area contributed by atoms with Crippen LogP contribution in [0.4, 0.5) is 0 Å². The van der Waals surface area contributed by atoms with Crippen LogP contribution in [0.3, 0.4) is 0 Å². The van der Waals surface area contributed by atoms with E-state index < -0.39 is 24.1 Å². The molecule has 0 spiro atoms. The number of esters is 2. The number of ether oxygens (including phenoxy) is 4. The molecule has 4 aromatic carbocycles. The molecule has 0 heterocycles. The number of hydrogen-bond acceptors (Lipinski definition) is 8. The quantitative estimate of drug-likeness (QED) is 0.279. The highest BCUT2D eigenvalue weighted by Crippen LogP contribution is 2.29. The normalized spacial score (nSPS) is 12.6. The molecule has 0 aliphatic rings.